The van der Waals surface area contributed by atoms with Crippen LogP contribution in [0.1, 0.15) is 23.6 Å². The Labute approximate surface area is 101 Å². The van der Waals surface area contributed by atoms with E-state index < -0.39 is 0 Å². The van der Waals surface area contributed by atoms with Crippen LogP contribution in [-0.4, -0.2) is 16.3 Å². The maximum Gasteiger partial charge on any atom is 0.0534 e. The first-order valence-corrected chi connectivity index (χ1v) is 6.22. The number of aryl methyl sites for hydroxylation is 1. The molecule has 1 N–H and O–H groups in total. The Morgan fingerprint density at radius 2 is 2.24 bits per heavy atom. The van der Waals surface area contributed by atoms with Crippen molar-refractivity contribution >= 4 is 0 Å². The Balaban J connectivity index is 1.57. The van der Waals surface area contributed by atoms with Crippen molar-refractivity contribution in [2.45, 2.75) is 25.4 Å². The first-order chi connectivity index (χ1) is 8.43. The lowest BCUT2D eigenvalue weighted by Crippen LogP contribution is -2.23. The van der Waals surface area contributed by atoms with Crippen LogP contribution in [0.4, 0.5) is 0 Å². The first kappa shape index (κ1) is 10.5. The van der Waals surface area contributed by atoms with Crippen LogP contribution in [0, 0.1) is 0 Å². The molecule has 0 radical (unpaired) electrons. The number of benzene rings is 1. The van der Waals surface area contributed by atoms with E-state index in [2.05, 4.69) is 34.7 Å². The van der Waals surface area contributed by atoms with E-state index >= 15 is 0 Å². The molecule has 1 atom stereocenters. The van der Waals surface area contributed by atoms with Crippen molar-refractivity contribution in [3.63, 3.8) is 0 Å². The molecule has 1 aromatic heterocycles. The maximum atomic E-state index is 4.20. The number of nitrogens with zero attached hydrogens (tertiary/aromatic N) is 2. The zero-order valence-corrected chi connectivity index (χ0v) is 9.84. The molecule has 3 heteroatoms. The van der Waals surface area contributed by atoms with Crippen molar-refractivity contribution in [1.29, 1.82) is 0 Å². The average molecular weight is 227 g/mol. The summed E-state index contributed by atoms with van der Waals surface area (Å²) in [5.74, 6) is 0. The van der Waals surface area contributed by atoms with Gasteiger partial charge in [-0.2, -0.15) is 5.10 Å². The molecule has 17 heavy (non-hydrogen) atoms. The quantitative estimate of drug-likeness (QED) is 0.867. The molecule has 0 saturated carbocycles. The van der Waals surface area contributed by atoms with Gasteiger partial charge >= 0.3 is 0 Å². The summed E-state index contributed by atoms with van der Waals surface area (Å²) >= 11 is 0. The van der Waals surface area contributed by atoms with E-state index in [0.29, 0.717) is 6.04 Å². The zero-order chi connectivity index (χ0) is 11.5. The van der Waals surface area contributed by atoms with Gasteiger partial charge in [0.15, 0.2) is 0 Å². The van der Waals surface area contributed by atoms with E-state index in [9.17, 15) is 0 Å². The molecule has 2 aromatic rings. The van der Waals surface area contributed by atoms with Gasteiger partial charge in [-0.25, -0.2) is 0 Å². The van der Waals surface area contributed by atoms with Crippen LogP contribution in [0.3, 0.4) is 0 Å². The van der Waals surface area contributed by atoms with Gasteiger partial charge in [0.05, 0.1) is 6.54 Å². The largest absolute Gasteiger partial charge is 0.308 e. The van der Waals surface area contributed by atoms with Crippen molar-refractivity contribution in [2.75, 3.05) is 6.54 Å². The number of rotatable bonds is 4. The molecule has 1 aliphatic carbocycles. The topological polar surface area (TPSA) is 29.9 Å². The second-order valence-electron chi connectivity index (χ2n) is 4.51. The van der Waals surface area contributed by atoms with Gasteiger partial charge < -0.3 is 5.32 Å². The highest BCUT2D eigenvalue weighted by molar-refractivity contribution is 5.34. The van der Waals surface area contributed by atoms with E-state index in [4.69, 9.17) is 0 Å². The van der Waals surface area contributed by atoms with E-state index in [1.807, 2.05) is 23.1 Å². The fraction of sp³-hybridized carbons (Fsp3) is 0.357. The molecule has 1 unspecified atom stereocenters. The summed E-state index contributed by atoms with van der Waals surface area (Å²) in [5.41, 5.74) is 2.98. The van der Waals surface area contributed by atoms with Crippen LogP contribution >= 0.6 is 0 Å². The second-order valence-corrected chi connectivity index (χ2v) is 4.51. The van der Waals surface area contributed by atoms with Crippen LogP contribution in [-0.2, 0) is 13.0 Å². The van der Waals surface area contributed by atoms with Gasteiger partial charge in [0, 0.05) is 25.0 Å². The summed E-state index contributed by atoms with van der Waals surface area (Å²) in [6.07, 6.45) is 6.25. The van der Waals surface area contributed by atoms with Crippen LogP contribution in [0.15, 0.2) is 42.7 Å². The average Bonchev–Trinajstić information content (AvgIpc) is 2.99. The van der Waals surface area contributed by atoms with Gasteiger partial charge in [0.2, 0.25) is 0 Å². The van der Waals surface area contributed by atoms with Crippen molar-refractivity contribution in [2.24, 2.45) is 0 Å². The molecule has 1 heterocycles. The fourth-order valence-corrected chi connectivity index (χ4v) is 2.56. The SMILES string of the molecule is c1ccc2c(c1)CCC2NCCn1cccn1. The third-order valence-corrected chi connectivity index (χ3v) is 3.42. The van der Waals surface area contributed by atoms with Gasteiger partial charge in [-0.1, -0.05) is 24.3 Å². The van der Waals surface area contributed by atoms with Crippen molar-refractivity contribution in [3.8, 4) is 0 Å². The second kappa shape index (κ2) is 4.72. The summed E-state index contributed by atoms with van der Waals surface area (Å²) in [6.45, 7) is 1.91. The number of nitrogens with one attached hydrogen (secondary N) is 1. The minimum atomic E-state index is 0.529. The lowest BCUT2D eigenvalue weighted by atomic mass is 10.1. The van der Waals surface area contributed by atoms with Gasteiger partial charge in [0.1, 0.15) is 0 Å². The van der Waals surface area contributed by atoms with E-state index in [0.717, 1.165) is 13.1 Å². The molecule has 3 rings (SSSR count). The van der Waals surface area contributed by atoms with Crippen LogP contribution in [0.5, 0.6) is 0 Å². The maximum absolute atomic E-state index is 4.20. The summed E-state index contributed by atoms with van der Waals surface area (Å²) in [4.78, 5) is 0. The summed E-state index contributed by atoms with van der Waals surface area (Å²) < 4.78 is 1.97. The molecular formula is C14H17N3. The smallest absolute Gasteiger partial charge is 0.0534 e. The molecule has 0 spiro atoms. The van der Waals surface area contributed by atoms with Crippen LogP contribution < -0.4 is 5.32 Å². The standard InChI is InChI=1S/C14H17N3/c1-2-5-13-12(4-1)6-7-14(13)15-9-11-17-10-3-8-16-17/h1-5,8,10,14-15H,6-7,9,11H2. The van der Waals surface area contributed by atoms with Crippen LogP contribution in [0.25, 0.3) is 0 Å². The minimum Gasteiger partial charge on any atom is -0.308 e. The molecule has 0 bridgehead atoms. The molecule has 88 valence electrons. The Hall–Kier alpha value is -1.61. The highest BCUT2D eigenvalue weighted by Crippen LogP contribution is 2.30. The highest BCUT2D eigenvalue weighted by atomic mass is 15.3. The van der Waals surface area contributed by atoms with Crippen molar-refractivity contribution < 1.29 is 0 Å². The molecule has 1 aromatic carbocycles. The predicted molar refractivity (Wildman–Crippen MR) is 67.7 cm³/mol. The van der Waals surface area contributed by atoms with Gasteiger partial charge in [-0.15, -0.1) is 0 Å². The molecule has 0 saturated heterocycles. The number of hydrogen-bond donors (Lipinski definition) is 1. The summed E-state index contributed by atoms with van der Waals surface area (Å²) in [5, 5.41) is 7.82. The molecule has 0 aliphatic heterocycles. The molecule has 0 amide bonds. The fourth-order valence-electron chi connectivity index (χ4n) is 2.56. The molecular weight excluding hydrogens is 210 g/mol. The Bertz CT molecular complexity index is 476. The molecule has 1 aliphatic rings. The lowest BCUT2D eigenvalue weighted by Gasteiger charge is -2.13. The number of fused-ring (bicyclic) bond motifs is 1. The Morgan fingerprint density at radius 1 is 1.29 bits per heavy atom. The third kappa shape index (κ3) is 2.24. The normalized spacial score (nSPS) is 18.2. The Kier molecular flexibility index (Phi) is 2.92. The molecule has 3 nitrogen and oxygen atoms in total. The third-order valence-electron chi connectivity index (χ3n) is 3.42. The first-order valence-electron chi connectivity index (χ1n) is 6.22. The van der Waals surface area contributed by atoms with E-state index in [1.165, 1.54) is 24.0 Å². The van der Waals surface area contributed by atoms with E-state index in [1.54, 1.807) is 0 Å². The highest BCUT2D eigenvalue weighted by Gasteiger charge is 2.20. The van der Waals surface area contributed by atoms with Gasteiger partial charge in [0.25, 0.3) is 0 Å². The minimum absolute atomic E-state index is 0.529. The monoisotopic (exact) mass is 227 g/mol. The van der Waals surface area contributed by atoms with E-state index in [-0.39, 0.29) is 0 Å². The predicted octanol–water partition coefficient (Wildman–Crippen LogP) is 2.16. The van der Waals surface area contributed by atoms with Gasteiger partial charge in [-0.3, -0.25) is 4.68 Å². The summed E-state index contributed by atoms with van der Waals surface area (Å²) in [6, 6.07) is 11.2. The summed E-state index contributed by atoms with van der Waals surface area (Å²) in [7, 11) is 0. The van der Waals surface area contributed by atoms with Crippen molar-refractivity contribution in [3.05, 3.63) is 53.9 Å². The number of hydrogen-bond acceptors (Lipinski definition) is 2. The van der Waals surface area contributed by atoms with Crippen molar-refractivity contribution in [1.82, 2.24) is 15.1 Å². The lowest BCUT2D eigenvalue weighted by molar-refractivity contribution is 0.484. The zero-order valence-electron chi connectivity index (χ0n) is 9.84. The Morgan fingerprint density at radius 3 is 3.12 bits per heavy atom. The molecule has 0 fully saturated rings. The van der Waals surface area contributed by atoms with Gasteiger partial charge in [-0.05, 0) is 30.0 Å². The number of aromatic nitrogens is 2. The van der Waals surface area contributed by atoms with Crippen LogP contribution in [0.2, 0.25) is 0 Å².